The molecule has 0 fully saturated rings. The second kappa shape index (κ2) is 8.93. The van der Waals surface area contributed by atoms with Crippen molar-refractivity contribution in [2.75, 3.05) is 6.61 Å². The molecule has 0 saturated carbocycles. The van der Waals surface area contributed by atoms with Crippen molar-refractivity contribution < 1.29 is 32.6 Å². The Hall–Kier alpha value is -3.11. The predicted octanol–water partition coefficient (Wildman–Crippen LogP) is 2.56. The van der Waals surface area contributed by atoms with Gasteiger partial charge in [-0.2, -0.15) is 13.2 Å². The molecule has 29 heavy (non-hydrogen) atoms. The molecule has 2 heterocycles. The Balaban J connectivity index is 2.23. The van der Waals surface area contributed by atoms with Crippen molar-refractivity contribution in [1.82, 2.24) is 15.2 Å². The SMILES string of the molecule is CCC(=O)NC1N=C(C(=O)O)C=CN1C(C)c1cnc(OCC(F)(F)F)c(C)c1. The van der Waals surface area contributed by atoms with Crippen LogP contribution in [0.15, 0.2) is 29.5 Å². The quantitative estimate of drug-likeness (QED) is 0.711. The molecule has 0 aromatic carbocycles. The molecule has 2 unspecified atom stereocenters. The average molecular weight is 414 g/mol. The van der Waals surface area contributed by atoms with Crippen LogP contribution in [-0.4, -0.2) is 51.7 Å². The molecule has 2 atom stereocenters. The fourth-order valence-corrected chi connectivity index (χ4v) is 2.59. The normalized spacial score (nSPS) is 17.5. The number of nitrogens with zero attached hydrogens (tertiary/aromatic N) is 3. The van der Waals surface area contributed by atoms with E-state index in [2.05, 4.69) is 15.3 Å². The molecule has 158 valence electrons. The molecular weight excluding hydrogens is 393 g/mol. The van der Waals surface area contributed by atoms with Crippen molar-refractivity contribution in [3.8, 4) is 5.88 Å². The van der Waals surface area contributed by atoms with Gasteiger partial charge in [-0.15, -0.1) is 0 Å². The van der Waals surface area contributed by atoms with Crippen molar-refractivity contribution in [3.63, 3.8) is 0 Å². The zero-order chi connectivity index (χ0) is 21.8. The first-order valence-corrected chi connectivity index (χ1v) is 8.74. The highest BCUT2D eigenvalue weighted by Crippen LogP contribution is 2.28. The van der Waals surface area contributed by atoms with Crippen LogP contribution >= 0.6 is 0 Å². The highest BCUT2D eigenvalue weighted by molar-refractivity contribution is 6.40. The number of aromatic nitrogens is 1. The zero-order valence-corrected chi connectivity index (χ0v) is 16.0. The van der Waals surface area contributed by atoms with Gasteiger partial charge in [0.1, 0.15) is 5.71 Å². The predicted molar refractivity (Wildman–Crippen MR) is 97.2 cm³/mol. The van der Waals surface area contributed by atoms with E-state index in [4.69, 9.17) is 9.84 Å². The molecule has 1 aromatic rings. The number of rotatable bonds is 7. The highest BCUT2D eigenvalue weighted by atomic mass is 19.4. The molecule has 1 amide bonds. The molecular formula is C18H21F3N4O4. The van der Waals surface area contributed by atoms with E-state index in [0.29, 0.717) is 11.1 Å². The van der Waals surface area contributed by atoms with Gasteiger partial charge in [-0.25, -0.2) is 14.8 Å². The lowest BCUT2D eigenvalue weighted by molar-refractivity contribution is -0.154. The number of halogens is 3. The molecule has 1 aliphatic rings. The number of aliphatic imine (C=N–C) groups is 1. The molecule has 1 aromatic heterocycles. The van der Waals surface area contributed by atoms with Crippen molar-refractivity contribution in [3.05, 3.63) is 35.7 Å². The Morgan fingerprint density at radius 1 is 1.41 bits per heavy atom. The monoisotopic (exact) mass is 414 g/mol. The number of pyridine rings is 1. The van der Waals surface area contributed by atoms with Gasteiger partial charge in [-0.3, -0.25) is 4.79 Å². The topological polar surface area (TPSA) is 104 Å². The van der Waals surface area contributed by atoms with Crippen molar-refractivity contribution in [2.45, 2.75) is 45.7 Å². The molecule has 0 saturated heterocycles. The zero-order valence-electron chi connectivity index (χ0n) is 16.0. The standard InChI is InChI=1S/C18H21F3N4O4/c1-4-14(26)24-17-23-13(16(27)28)5-6-25(17)11(3)12-7-10(2)15(22-8-12)29-9-18(19,20)21/h5-8,11,17H,4,9H2,1-3H3,(H,24,26)(H,27,28). The third kappa shape index (κ3) is 5.93. The number of carboxylic acids is 1. The molecule has 1 aliphatic heterocycles. The third-order valence-electron chi connectivity index (χ3n) is 4.13. The highest BCUT2D eigenvalue weighted by Gasteiger charge is 2.30. The van der Waals surface area contributed by atoms with Crippen LogP contribution in [0.4, 0.5) is 13.2 Å². The van der Waals surface area contributed by atoms with Gasteiger partial charge in [-0.1, -0.05) is 6.92 Å². The Morgan fingerprint density at radius 2 is 2.10 bits per heavy atom. The van der Waals surface area contributed by atoms with Gasteiger partial charge < -0.3 is 20.1 Å². The van der Waals surface area contributed by atoms with E-state index in [-0.39, 0.29) is 23.9 Å². The number of hydrogen-bond donors (Lipinski definition) is 2. The summed E-state index contributed by atoms with van der Waals surface area (Å²) in [7, 11) is 0. The Labute approximate surface area is 165 Å². The van der Waals surface area contributed by atoms with Crippen LogP contribution in [-0.2, 0) is 9.59 Å². The van der Waals surface area contributed by atoms with Gasteiger partial charge in [0, 0.05) is 24.4 Å². The molecule has 8 nitrogen and oxygen atoms in total. The first-order chi connectivity index (χ1) is 13.5. The molecule has 2 N–H and O–H groups in total. The van der Waals surface area contributed by atoms with Crippen molar-refractivity contribution >= 4 is 17.6 Å². The van der Waals surface area contributed by atoms with E-state index >= 15 is 0 Å². The summed E-state index contributed by atoms with van der Waals surface area (Å²) >= 11 is 0. The van der Waals surface area contributed by atoms with Crippen molar-refractivity contribution in [1.29, 1.82) is 0 Å². The van der Waals surface area contributed by atoms with Crippen LogP contribution in [0.3, 0.4) is 0 Å². The van der Waals surface area contributed by atoms with Crippen LogP contribution in [0.25, 0.3) is 0 Å². The number of hydrogen-bond acceptors (Lipinski definition) is 6. The van der Waals surface area contributed by atoms with Crippen LogP contribution < -0.4 is 10.1 Å². The summed E-state index contributed by atoms with van der Waals surface area (Å²) in [5.74, 6) is -1.68. The molecule has 0 spiro atoms. The summed E-state index contributed by atoms with van der Waals surface area (Å²) in [5.41, 5.74) is 0.819. The average Bonchev–Trinajstić information content (AvgIpc) is 2.65. The number of aliphatic carboxylic acids is 1. The fourth-order valence-electron chi connectivity index (χ4n) is 2.59. The Kier molecular flexibility index (Phi) is 6.83. The largest absolute Gasteiger partial charge is 0.477 e. The number of carboxylic acid groups (broad SMARTS) is 1. The van der Waals surface area contributed by atoms with E-state index in [1.165, 1.54) is 18.5 Å². The lowest BCUT2D eigenvalue weighted by atomic mass is 10.1. The number of ether oxygens (including phenoxy) is 1. The summed E-state index contributed by atoms with van der Waals surface area (Å²) in [6, 6.07) is 1.20. The Bertz CT molecular complexity index is 839. The maximum Gasteiger partial charge on any atom is 0.422 e. The van der Waals surface area contributed by atoms with Crippen molar-refractivity contribution in [2.24, 2.45) is 4.99 Å². The molecule has 0 radical (unpaired) electrons. The van der Waals surface area contributed by atoms with E-state index < -0.39 is 31.1 Å². The summed E-state index contributed by atoms with van der Waals surface area (Å²) in [4.78, 5) is 32.6. The lowest BCUT2D eigenvalue weighted by Gasteiger charge is -2.35. The number of aryl methyl sites for hydroxylation is 1. The number of carbonyl (C=O) groups is 2. The summed E-state index contributed by atoms with van der Waals surface area (Å²) < 4.78 is 41.7. The number of alkyl halides is 3. The first kappa shape index (κ1) is 22.2. The van der Waals surface area contributed by atoms with Gasteiger partial charge in [0.15, 0.2) is 12.9 Å². The lowest BCUT2D eigenvalue weighted by Crippen LogP contribution is -2.47. The van der Waals surface area contributed by atoms with Crippen LogP contribution in [0.1, 0.15) is 37.4 Å². The maximum absolute atomic E-state index is 12.3. The smallest absolute Gasteiger partial charge is 0.422 e. The molecule has 0 aliphatic carbocycles. The van der Waals surface area contributed by atoms with Crippen LogP contribution in [0.5, 0.6) is 5.88 Å². The van der Waals surface area contributed by atoms with Crippen LogP contribution in [0, 0.1) is 6.92 Å². The number of nitrogens with one attached hydrogen (secondary N) is 1. The fraction of sp³-hybridized carbons (Fsp3) is 0.444. The summed E-state index contributed by atoms with van der Waals surface area (Å²) in [6.07, 6.45) is -1.07. The minimum atomic E-state index is -4.47. The second-order valence-corrected chi connectivity index (χ2v) is 6.35. The third-order valence-corrected chi connectivity index (χ3v) is 4.13. The van der Waals surface area contributed by atoms with Gasteiger partial charge >= 0.3 is 12.1 Å². The van der Waals surface area contributed by atoms with E-state index in [9.17, 15) is 22.8 Å². The van der Waals surface area contributed by atoms with E-state index in [1.807, 2.05) is 0 Å². The summed E-state index contributed by atoms with van der Waals surface area (Å²) in [5, 5.41) is 11.8. The van der Waals surface area contributed by atoms with E-state index in [0.717, 1.165) is 0 Å². The van der Waals surface area contributed by atoms with Gasteiger partial charge in [-0.05, 0) is 31.6 Å². The van der Waals surface area contributed by atoms with Gasteiger partial charge in [0.05, 0.1) is 6.04 Å². The molecule has 11 heteroatoms. The minimum absolute atomic E-state index is 0.130. The van der Waals surface area contributed by atoms with E-state index in [1.54, 1.807) is 31.7 Å². The number of carbonyl (C=O) groups excluding carboxylic acids is 1. The van der Waals surface area contributed by atoms with Crippen LogP contribution in [0.2, 0.25) is 0 Å². The molecule has 2 rings (SSSR count). The second-order valence-electron chi connectivity index (χ2n) is 6.35. The Morgan fingerprint density at radius 3 is 2.66 bits per heavy atom. The minimum Gasteiger partial charge on any atom is -0.477 e. The van der Waals surface area contributed by atoms with Gasteiger partial charge in [0.25, 0.3) is 0 Å². The summed E-state index contributed by atoms with van der Waals surface area (Å²) in [6.45, 7) is 3.54. The number of amides is 1. The maximum atomic E-state index is 12.3. The molecule has 0 bridgehead atoms. The first-order valence-electron chi connectivity index (χ1n) is 8.74. The van der Waals surface area contributed by atoms with Gasteiger partial charge in [0.2, 0.25) is 11.8 Å².